The van der Waals surface area contributed by atoms with E-state index in [1.807, 2.05) is 13.8 Å². The first kappa shape index (κ1) is 14.1. The summed E-state index contributed by atoms with van der Waals surface area (Å²) in [7, 11) is -3.58. The van der Waals surface area contributed by atoms with Crippen LogP contribution in [0.3, 0.4) is 0 Å². The number of sulfone groups is 1. The van der Waals surface area contributed by atoms with Gasteiger partial charge in [-0.15, -0.1) is 0 Å². The summed E-state index contributed by atoms with van der Waals surface area (Å²) in [6, 6.07) is 0. The molecule has 0 aromatic rings. The lowest BCUT2D eigenvalue weighted by Crippen LogP contribution is -2.47. The number of nitrogens with zero attached hydrogens (tertiary/aromatic N) is 1. The van der Waals surface area contributed by atoms with E-state index in [0.29, 0.717) is 6.42 Å². The lowest BCUT2D eigenvalue weighted by molar-refractivity contribution is 0.267. The topological polar surface area (TPSA) is 54.5 Å². The van der Waals surface area contributed by atoms with Gasteiger partial charge in [0.1, 0.15) is 9.84 Å². The van der Waals surface area contributed by atoms with E-state index < -0.39 is 20.6 Å². The molecule has 1 aliphatic heterocycles. The summed E-state index contributed by atoms with van der Waals surface area (Å²) >= 11 is 0. The summed E-state index contributed by atoms with van der Waals surface area (Å²) in [5.41, 5.74) is 0. The van der Waals surface area contributed by atoms with Crippen molar-refractivity contribution in [2.75, 3.05) is 31.6 Å². The van der Waals surface area contributed by atoms with E-state index in [1.165, 1.54) is 6.26 Å². The Kier molecular flexibility index (Phi) is 4.94. The summed E-state index contributed by atoms with van der Waals surface area (Å²) in [6.07, 6.45) is 1.94. The summed E-state index contributed by atoms with van der Waals surface area (Å²) in [4.78, 5) is 2.22. The van der Waals surface area contributed by atoms with Gasteiger partial charge in [0.15, 0.2) is 0 Å². The van der Waals surface area contributed by atoms with Crippen LogP contribution in [0.4, 0.5) is 0 Å². The van der Waals surface area contributed by atoms with Crippen LogP contribution in [0.15, 0.2) is 0 Å². The molecule has 0 bridgehead atoms. The van der Waals surface area contributed by atoms with Crippen LogP contribution in [0.1, 0.15) is 20.3 Å². The van der Waals surface area contributed by atoms with Crippen molar-refractivity contribution in [3.8, 4) is 0 Å². The minimum absolute atomic E-state index is 0.196. The maximum Gasteiger partial charge on any atom is 0.147 e. The van der Waals surface area contributed by atoms with Gasteiger partial charge in [-0.3, -0.25) is 4.21 Å². The van der Waals surface area contributed by atoms with Gasteiger partial charge in [-0.25, -0.2) is 8.42 Å². The van der Waals surface area contributed by atoms with E-state index in [0.717, 1.165) is 19.6 Å². The molecule has 0 radical (unpaired) electrons. The van der Waals surface area contributed by atoms with Crippen molar-refractivity contribution in [3.05, 3.63) is 0 Å². The lowest BCUT2D eigenvalue weighted by Gasteiger charge is -2.34. The van der Waals surface area contributed by atoms with Crippen LogP contribution >= 0.6 is 0 Å². The third kappa shape index (κ3) is 4.51. The molecule has 0 aromatic carbocycles. The zero-order valence-corrected chi connectivity index (χ0v) is 11.8. The molecule has 0 aliphatic carbocycles. The molecule has 0 saturated carbocycles. The summed E-state index contributed by atoms with van der Waals surface area (Å²) in [5.74, 6) is 0.245. The highest BCUT2D eigenvalue weighted by Gasteiger charge is 2.27. The molecule has 1 aliphatic rings. The first-order chi connectivity index (χ1) is 7.29. The van der Waals surface area contributed by atoms with Gasteiger partial charge in [0.2, 0.25) is 0 Å². The Balaban J connectivity index is 2.37. The fourth-order valence-corrected chi connectivity index (χ4v) is 4.24. The van der Waals surface area contributed by atoms with Gasteiger partial charge in [-0.2, -0.15) is 0 Å². The molecule has 2 unspecified atom stereocenters. The maximum atomic E-state index is 11.7. The molecule has 2 atom stereocenters. The Bertz CT molecular complexity index is 339. The van der Waals surface area contributed by atoms with Crippen LogP contribution in [0, 0.1) is 0 Å². The van der Waals surface area contributed by atoms with Crippen LogP contribution in [-0.4, -0.2) is 59.7 Å². The zero-order valence-electron chi connectivity index (χ0n) is 10.2. The highest BCUT2D eigenvalue weighted by atomic mass is 32.2. The van der Waals surface area contributed by atoms with Gasteiger partial charge in [0.05, 0.1) is 5.75 Å². The molecule has 1 fully saturated rings. The van der Waals surface area contributed by atoms with Gasteiger partial charge in [-0.1, -0.05) is 0 Å². The van der Waals surface area contributed by atoms with Gasteiger partial charge in [0.25, 0.3) is 0 Å². The van der Waals surface area contributed by atoms with Crippen LogP contribution < -0.4 is 0 Å². The van der Waals surface area contributed by atoms with Gasteiger partial charge in [0, 0.05) is 40.6 Å². The van der Waals surface area contributed by atoms with Crippen LogP contribution in [0.5, 0.6) is 0 Å². The first-order valence-electron chi connectivity index (χ1n) is 5.59. The SMILES string of the molecule is CC1CN(CCCS(C)(=O)=O)CC(C)S1=O. The van der Waals surface area contributed by atoms with Crippen LogP contribution in [0.2, 0.25) is 0 Å². The molecule has 1 saturated heterocycles. The Morgan fingerprint density at radius 1 is 1.25 bits per heavy atom. The van der Waals surface area contributed by atoms with Crippen molar-refractivity contribution in [2.24, 2.45) is 0 Å². The standard InChI is InChI=1S/C10H21NO3S2/c1-9-7-11(8-10(2)15(9)12)5-4-6-16(3,13)14/h9-10H,4-8H2,1-3H3. The van der Waals surface area contributed by atoms with Crippen molar-refractivity contribution in [1.29, 1.82) is 0 Å². The second-order valence-electron chi connectivity index (χ2n) is 4.69. The first-order valence-corrected chi connectivity index (χ1v) is 8.92. The molecular weight excluding hydrogens is 246 g/mol. The molecule has 0 amide bonds. The summed E-state index contributed by atoms with van der Waals surface area (Å²) < 4.78 is 33.7. The van der Waals surface area contributed by atoms with Gasteiger partial charge < -0.3 is 4.90 Å². The second kappa shape index (κ2) is 5.60. The minimum atomic E-state index is -2.85. The predicted octanol–water partition coefficient (Wildman–Crippen LogP) is 0.262. The molecule has 1 rings (SSSR count). The van der Waals surface area contributed by atoms with Crippen molar-refractivity contribution < 1.29 is 12.6 Å². The predicted molar refractivity (Wildman–Crippen MR) is 67.8 cm³/mol. The van der Waals surface area contributed by atoms with E-state index in [1.54, 1.807) is 0 Å². The summed E-state index contributed by atoms with van der Waals surface area (Å²) in [5, 5.41) is 0.393. The Hall–Kier alpha value is 0.0600. The molecule has 0 aromatic heterocycles. The van der Waals surface area contributed by atoms with Crippen LogP contribution in [-0.2, 0) is 20.6 Å². The van der Waals surface area contributed by atoms with E-state index >= 15 is 0 Å². The molecule has 0 N–H and O–H groups in total. The van der Waals surface area contributed by atoms with E-state index in [9.17, 15) is 12.6 Å². The third-order valence-corrected chi connectivity index (χ3v) is 5.73. The van der Waals surface area contributed by atoms with E-state index in [-0.39, 0.29) is 16.3 Å². The molecule has 1 heterocycles. The van der Waals surface area contributed by atoms with Crippen molar-refractivity contribution in [2.45, 2.75) is 30.8 Å². The summed E-state index contributed by atoms with van der Waals surface area (Å²) in [6.45, 7) is 6.42. The monoisotopic (exact) mass is 267 g/mol. The van der Waals surface area contributed by atoms with Crippen molar-refractivity contribution >= 4 is 20.6 Å². The lowest BCUT2D eigenvalue weighted by atomic mass is 10.3. The second-order valence-corrected chi connectivity index (χ2v) is 9.22. The Morgan fingerprint density at radius 2 is 1.75 bits per heavy atom. The molecule has 0 spiro atoms. The largest absolute Gasteiger partial charge is 0.301 e. The number of hydrogen-bond acceptors (Lipinski definition) is 4. The average molecular weight is 267 g/mol. The van der Waals surface area contributed by atoms with Crippen molar-refractivity contribution in [1.82, 2.24) is 4.90 Å². The van der Waals surface area contributed by atoms with E-state index in [2.05, 4.69) is 4.90 Å². The Morgan fingerprint density at radius 3 is 2.19 bits per heavy atom. The average Bonchev–Trinajstić information content (AvgIpc) is 2.12. The maximum absolute atomic E-state index is 11.7. The number of rotatable bonds is 4. The number of hydrogen-bond donors (Lipinski definition) is 0. The quantitative estimate of drug-likeness (QED) is 0.733. The van der Waals surface area contributed by atoms with Crippen LogP contribution in [0.25, 0.3) is 0 Å². The molecule has 16 heavy (non-hydrogen) atoms. The fourth-order valence-electron chi connectivity index (χ4n) is 2.08. The minimum Gasteiger partial charge on any atom is -0.301 e. The molecule has 6 heteroatoms. The molecular formula is C10H21NO3S2. The molecule has 96 valence electrons. The van der Waals surface area contributed by atoms with E-state index in [4.69, 9.17) is 0 Å². The molecule has 4 nitrogen and oxygen atoms in total. The van der Waals surface area contributed by atoms with Gasteiger partial charge >= 0.3 is 0 Å². The third-order valence-electron chi connectivity index (χ3n) is 2.81. The highest BCUT2D eigenvalue weighted by Crippen LogP contribution is 2.14. The van der Waals surface area contributed by atoms with Crippen molar-refractivity contribution in [3.63, 3.8) is 0 Å². The highest BCUT2D eigenvalue weighted by molar-refractivity contribution is 7.90. The van der Waals surface area contributed by atoms with Gasteiger partial charge in [-0.05, 0) is 26.8 Å². The zero-order chi connectivity index (χ0) is 12.3. The smallest absolute Gasteiger partial charge is 0.147 e. The fraction of sp³-hybridized carbons (Fsp3) is 1.00. The normalized spacial score (nSPS) is 32.8. The Labute approximate surface area is 101 Å².